The van der Waals surface area contributed by atoms with Gasteiger partial charge in [0, 0.05) is 13.1 Å². The quantitative estimate of drug-likeness (QED) is 0.626. The number of imidazole rings is 1. The zero-order valence-electron chi connectivity index (χ0n) is 13.3. The Balaban J connectivity index is 1.81. The van der Waals surface area contributed by atoms with Crippen LogP contribution in [0.3, 0.4) is 0 Å². The van der Waals surface area contributed by atoms with Gasteiger partial charge in [-0.05, 0) is 13.3 Å². The maximum absolute atomic E-state index is 13.8. The largest absolute Gasteiger partial charge is 0.394 e. The van der Waals surface area contributed by atoms with Crippen molar-refractivity contribution in [3.63, 3.8) is 0 Å². The Morgan fingerprint density at radius 2 is 2.17 bits per heavy atom. The van der Waals surface area contributed by atoms with Crippen LogP contribution in [0, 0.1) is 0 Å². The molecule has 24 heavy (non-hydrogen) atoms. The fourth-order valence-corrected chi connectivity index (χ4v) is 2.52. The second kappa shape index (κ2) is 6.83. The van der Waals surface area contributed by atoms with Gasteiger partial charge in [-0.15, -0.1) is 0 Å². The Morgan fingerprint density at radius 3 is 2.75 bits per heavy atom. The van der Waals surface area contributed by atoms with Gasteiger partial charge in [0.05, 0.1) is 19.0 Å². The van der Waals surface area contributed by atoms with E-state index in [-0.39, 0.29) is 12.7 Å². The van der Waals surface area contributed by atoms with Crippen LogP contribution in [0.4, 0.5) is 16.2 Å². The fraction of sp³-hybridized carbons (Fsp3) is 0.643. The number of alkyl halides is 1. The molecule has 0 saturated carbocycles. The maximum atomic E-state index is 13.8. The molecule has 0 bridgehead atoms. The van der Waals surface area contributed by atoms with Gasteiger partial charge in [-0.2, -0.15) is 9.97 Å². The highest BCUT2D eigenvalue weighted by atomic mass is 19.1. The number of hydrogen-bond donors (Lipinski definition) is 3. The standard InChI is InChI=1S/C14H21FN6O3/c1-8(23)10(15)9(5-22)24-7-21-6-17-11-12(20-3-2-4-20)18-14(16)19-13(11)21/h6,8-10,22-23H,2-5,7H2,1H3,(H2,16,18,19). The molecule has 0 amide bonds. The Labute approximate surface area is 137 Å². The third kappa shape index (κ3) is 3.12. The van der Waals surface area contributed by atoms with Gasteiger partial charge >= 0.3 is 0 Å². The Morgan fingerprint density at radius 1 is 1.42 bits per heavy atom. The van der Waals surface area contributed by atoms with Crippen molar-refractivity contribution < 1.29 is 19.3 Å². The lowest BCUT2D eigenvalue weighted by atomic mass is 10.1. The molecule has 1 saturated heterocycles. The SMILES string of the molecule is CC(O)C(F)C(CO)OCn1cnc2c(N3CCC3)nc(N)nc21. The van der Waals surface area contributed by atoms with Crippen LogP contribution >= 0.6 is 0 Å². The Bertz CT molecular complexity index is 705. The summed E-state index contributed by atoms with van der Waals surface area (Å²) in [6, 6.07) is 0. The molecule has 3 atom stereocenters. The number of aromatic nitrogens is 4. The number of anilines is 2. The minimum atomic E-state index is -1.69. The molecule has 3 unspecified atom stereocenters. The van der Waals surface area contributed by atoms with E-state index in [4.69, 9.17) is 10.5 Å². The number of rotatable bonds is 7. The van der Waals surface area contributed by atoms with E-state index < -0.39 is 25.0 Å². The number of aliphatic hydroxyl groups excluding tert-OH is 2. The Hall–Kier alpha value is -2.04. The highest BCUT2D eigenvalue weighted by Crippen LogP contribution is 2.27. The van der Waals surface area contributed by atoms with E-state index in [9.17, 15) is 14.6 Å². The molecule has 0 spiro atoms. The van der Waals surface area contributed by atoms with Crippen molar-refractivity contribution in [2.75, 3.05) is 30.3 Å². The average molecular weight is 340 g/mol. The molecule has 9 nitrogen and oxygen atoms in total. The van der Waals surface area contributed by atoms with E-state index in [1.807, 2.05) is 0 Å². The molecule has 132 valence electrons. The number of nitrogens with two attached hydrogens (primary N) is 1. The van der Waals surface area contributed by atoms with Gasteiger partial charge in [-0.3, -0.25) is 4.57 Å². The number of halogens is 1. The van der Waals surface area contributed by atoms with E-state index in [0.29, 0.717) is 17.0 Å². The van der Waals surface area contributed by atoms with Gasteiger partial charge in [0.2, 0.25) is 5.95 Å². The molecule has 1 aliphatic rings. The van der Waals surface area contributed by atoms with E-state index in [1.165, 1.54) is 13.3 Å². The van der Waals surface area contributed by atoms with E-state index in [1.54, 1.807) is 4.57 Å². The van der Waals surface area contributed by atoms with Crippen LogP contribution in [0.5, 0.6) is 0 Å². The predicted molar refractivity (Wildman–Crippen MR) is 85.1 cm³/mol. The summed E-state index contributed by atoms with van der Waals surface area (Å²) in [6.07, 6.45) is -1.48. The minimum Gasteiger partial charge on any atom is -0.394 e. The molecule has 3 rings (SSSR count). The number of nitrogens with zero attached hydrogens (tertiary/aromatic N) is 5. The van der Waals surface area contributed by atoms with Crippen molar-refractivity contribution in [3.8, 4) is 0 Å². The molecular weight excluding hydrogens is 319 g/mol. The third-order valence-electron chi connectivity index (χ3n) is 4.04. The zero-order chi connectivity index (χ0) is 17.3. The summed E-state index contributed by atoms with van der Waals surface area (Å²) in [5, 5.41) is 18.5. The van der Waals surface area contributed by atoms with Crippen LogP contribution in [-0.4, -0.2) is 67.8 Å². The summed E-state index contributed by atoms with van der Waals surface area (Å²) >= 11 is 0. The van der Waals surface area contributed by atoms with Crippen LogP contribution in [0.2, 0.25) is 0 Å². The number of nitrogen functional groups attached to an aromatic ring is 1. The van der Waals surface area contributed by atoms with Gasteiger partial charge in [-0.25, -0.2) is 9.37 Å². The molecule has 0 aromatic carbocycles. The first-order valence-electron chi connectivity index (χ1n) is 7.79. The summed E-state index contributed by atoms with van der Waals surface area (Å²) in [6.45, 7) is 2.45. The Kier molecular flexibility index (Phi) is 4.78. The van der Waals surface area contributed by atoms with Crippen molar-refractivity contribution in [2.45, 2.75) is 38.5 Å². The number of hydrogen-bond acceptors (Lipinski definition) is 8. The average Bonchev–Trinajstić information content (AvgIpc) is 2.89. The molecule has 1 fully saturated rings. The third-order valence-corrected chi connectivity index (χ3v) is 4.04. The first kappa shape index (κ1) is 16.8. The number of ether oxygens (including phenoxy) is 1. The second-order valence-corrected chi connectivity index (χ2v) is 5.83. The van der Waals surface area contributed by atoms with Crippen LogP contribution in [0.1, 0.15) is 13.3 Å². The number of aliphatic hydroxyl groups is 2. The summed E-state index contributed by atoms with van der Waals surface area (Å²) in [5.41, 5.74) is 6.85. The monoisotopic (exact) mass is 340 g/mol. The first-order chi connectivity index (χ1) is 11.5. The molecular formula is C14H21FN6O3. The summed E-state index contributed by atoms with van der Waals surface area (Å²) in [5.74, 6) is 0.797. The molecule has 0 radical (unpaired) electrons. The first-order valence-corrected chi connectivity index (χ1v) is 7.79. The lowest BCUT2D eigenvalue weighted by Crippen LogP contribution is -2.38. The smallest absolute Gasteiger partial charge is 0.224 e. The van der Waals surface area contributed by atoms with Gasteiger partial charge in [-0.1, -0.05) is 0 Å². The second-order valence-electron chi connectivity index (χ2n) is 5.83. The molecule has 10 heteroatoms. The highest BCUT2D eigenvalue weighted by molar-refractivity contribution is 5.85. The summed E-state index contributed by atoms with van der Waals surface area (Å²) < 4.78 is 20.7. The van der Waals surface area contributed by atoms with E-state index in [2.05, 4.69) is 19.9 Å². The highest BCUT2D eigenvalue weighted by Gasteiger charge is 2.26. The van der Waals surface area contributed by atoms with Crippen LogP contribution in [0.25, 0.3) is 11.2 Å². The molecule has 3 heterocycles. The van der Waals surface area contributed by atoms with Crippen LogP contribution in [-0.2, 0) is 11.5 Å². The van der Waals surface area contributed by atoms with Crippen molar-refractivity contribution in [2.24, 2.45) is 0 Å². The van der Waals surface area contributed by atoms with E-state index in [0.717, 1.165) is 19.5 Å². The molecule has 1 aliphatic heterocycles. The van der Waals surface area contributed by atoms with Crippen molar-refractivity contribution in [1.82, 2.24) is 19.5 Å². The topological polar surface area (TPSA) is 123 Å². The zero-order valence-corrected chi connectivity index (χ0v) is 13.3. The van der Waals surface area contributed by atoms with E-state index >= 15 is 0 Å². The number of fused-ring (bicyclic) bond motifs is 1. The normalized spacial score (nSPS) is 18.4. The van der Waals surface area contributed by atoms with Crippen molar-refractivity contribution in [3.05, 3.63) is 6.33 Å². The van der Waals surface area contributed by atoms with Gasteiger partial charge < -0.3 is 25.6 Å². The van der Waals surface area contributed by atoms with Gasteiger partial charge in [0.1, 0.15) is 12.8 Å². The van der Waals surface area contributed by atoms with Gasteiger partial charge in [0.25, 0.3) is 0 Å². The predicted octanol–water partition coefficient (Wildman–Crippen LogP) is -0.328. The van der Waals surface area contributed by atoms with Crippen LogP contribution in [0.15, 0.2) is 6.33 Å². The van der Waals surface area contributed by atoms with Crippen LogP contribution < -0.4 is 10.6 Å². The summed E-state index contributed by atoms with van der Waals surface area (Å²) in [7, 11) is 0. The minimum absolute atomic E-state index is 0.0786. The molecule has 4 N–H and O–H groups in total. The maximum Gasteiger partial charge on any atom is 0.224 e. The molecule has 2 aromatic heterocycles. The lowest BCUT2D eigenvalue weighted by Gasteiger charge is -2.31. The lowest BCUT2D eigenvalue weighted by molar-refractivity contribution is -0.0905. The molecule has 0 aliphatic carbocycles. The van der Waals surface area contributed by atoms with Gasteiger partial charge in [0.15, 0.2) is 23.2 Å². The summed E-state index contributed by atoms with van der Waals surface area (Å²) in [4.78, 5) is 14.8. The fourth-order valence-electron chi connectivity index (χ4n) is 2.52. The van der Waals surface area contributed by atoms with Crippen molar-refractivity contribution in [1.29, 1.82) is 0 Å². The molecule has 2 aromatic rings. The van der Waals surface area contributed by atoms with Crippen molar-refractivity contribution >= 4 is 22.9 Å².